The van der Waals surface area contributed by atoms with E-state index < -0.39 is 0 Å². The summed E-state index contributed by atoms with van der Waals surface area (Å²) in [4.78, 5) is 38.4. The molecule has 0 atom stereocenters. The Kier molecular flexibility index (Phi) is 5.52. The van der Waals surface area contributed by atoms with Gasteiger partial charge in [-0.25, -0.2) is 0 Å². The molecular weight excluding hydrogens is 282 g/mol. The Balaban J connectivity index is 1.76. The Labute approximate surface area is 130 Å². The van der Waals surface area contributed by atoms with Crippen molar-refractivity contribution in [1.29, 1.82) is 0 Å². The summed E-state index contributed by atoms with van der Waals surface area (Å²) < 4.78 is 0. The molecule has 0 aromatic heterocycles. The Morgan fingerprint density at radius 3 is 2.64 bits per heavy atom. The number of carbonyl (C=O) groups excluding carboxylic acids is 3. The molecule has 3 amide bonds. The summed E-state index contributed by atoms with van der Waals surface area (Å²) in [5.41, 5.74) is 1.05. The van der Waals surface area contributed by atoms with Crippen molar-refractivity contribution in [1.82, 2.24) is 15.1 Å². The fraction of sp³-hybridized carbons (Fsp3) is 0.438. The van der Waals surface area contributed by atoms with E-state index in [4.69, 9.17) is 0 Å². The van der Waals surface area contributed by atoms with Crippen LogP contribution in [0.1, 0.15) is 18.4 Å². The summed E-state index contributed by atoms with van der Waals surface area (Å²) in [5, 5.41) is 2.67. The first-order valence-electron chi connectivity index (χ1n) is 7.38. The molecule has 6 heteroatoms. The highest BCUT2D eigenvalue weighted by molar-refractivity contribution is 5.88. The number of nitrogens with one attached hydrogen (secondary N) is 1. The van der Waals surface area contributed by atoms with E-state index in [1.165, 1.54) is 4.90 Å². The third-order valence-corrected chi connectivity index (χ3v) is 3.63. The zero-order valence-electron chi connectivity index (χ0n) is 12.7. The average Bonchev–Trinajstić information content (AvgIpc) is 2.53. The fourth-order valence-corrected chi connectivity index (χ4v) is 2.36. The number of amides is 3. The Morgan fingerprint density at radius 2 is 1.95 bits per heavy atom. The van der Waals surface area contributed by atoms with Gasteiger partial charge in [0, 0.05) is 39.5 Å². The van der Waals surface area contributed by atoms with Crippen molar-refractivity contribution >= 4 is 17.7 Å². The predicted molar refractivity (Wildman–Crippen MR) is 81.7 cm³/mol. The van der Waals surface area contributed by atoms with Crippen molar-refractivity contribution in [2.45, 2.75) is 19.4 Å². The molecule has 0 saturated carbocycles. The SMILES string of the molecule is CN(Cc1ccccc1)C(=O)CCC(=O)N1CCNC(=O)C1. The topological polar surface area (TPSA) is 69.7 Å². The Morgan fingerprint density at radius 1 is 1.23 bits per heavy atom. The van der Waals surface area contributed by atoms with E-state index in [2.05, 4.69) is 5.32 Å². The van der Waals surface area contributed by atoms with Crippen LogP contribution in [0, 0.1) is 0 Å². The number of piperazine rings is 1. The molecule has 1 fully saturated rings. The van der Waals surface area contributed by atoms with E-state index in [0.29, 0.717) is 19.6 Å². The van der Waals surface area contributed by atoms with E-state index in [9.17, 15) is 14.4 Å². The molecule has 6 nitrogen and oxygen atoms in total. The first-order chi connectivity index (χ1) is 10.6. The normalized spacial score (nSPS) is 14.4. The molecule has 0 radical (unpaired) electrons. The molecule has 0 bridgehead atoms. The molecule has 1 aromatic carbocycles. The molecule has 1 N–H and O–H groups in total. The molecule has 1 aromatic rings. The highest BCUT2D eigenvalue weighted by Crippen LogP contribution is 2.07. The number of rotatable bonds is 5. The van der Waals surface area contributed by atoms with Gasteiger partial charge in [0.05, 0.1) is 6.54 Å². The van der Waals surface area contributed by atoms with E-state index in [1.54, 1.807) is 11.9 Å². The Bertz CT molecular complexity index is 545. The fourth-order valence-electron chi connectivity index (χ4n) is 2.36. The lowest BCUT2D eigenvalue weighted by atomic mass is 10.2. The summed E-state index contributed by atoms with van der Waals surface area (Å²) in [7, 11) is 1.73. The van der Waals surface area contributed by atoms with Crippen LogP contribution in [0.3, 0.4) is 0 Å². The van der Waals surface area contributed by atoms with Crippen LogP contribution in [0.25, 0.3) is 0 Å². The number of hydrogen-bond acceptors (Lipinski definition) is 3. The van der Waals surface area contributed by atoms with Gasteiger partial charge >= 0.3 is 0 Å². The van der Waals surface area contributed by atoms with E-state index in [1.807, 2.05) is 30.3 Å². The van der Waals surface area contributed by atoms with Gasteiger partial charge in [-0.3, -0.25) is 14.4 Å². The number of carbonyl (C=O) groups is 3. The first-order valence-corrected chi connectivity index (χ1v) is 7.38. The molecular formula is C16H21N3O3. The summed E-state index contributed by atoms with van der Waals surface area (Å²) in [6.45, 7) is 1.61. The van der Waals surface area contributed by atoms with Crippen molar-refractivity contribution in [2.24, 2.45) is 0 Å². The van der Waals surface area contributed by atoms with Gasteiger partial charge in [-0.1, -0.05) is 30.3 Å². The van der Waals surface area contributed by atoms with Crippen LogP contribution in [-0.2, 0) is 20.9 Å². The van der Waals surface area contributed by atoms with Gasteiger partial charge in [-0.05, 0) is 5.56 Å². The molecule has 1 saturated heterocycles. The van der Waals surface area contributed by atoms with Crippen molar-refractivity contribution in [2.75, 3.05) is 26.7 Å². The molecule has 0 unspecified atom stereocenters. The van der Waals surface area contributed by atoms with Crippen LogP contribution in [0.15, 0.2) is 30.3 Å². The van der Waals surface area contributed by atoms with E-state index in [0.717, 1.165) is 5.56 Å². The number of benzene rings is 1. The van der Waals surface area contributed by atoms with Crippen LogP contribution in [0.5, 0.6) is 0 Å². The minimum absolute atomic E-state index is 0.0707. The largest absolute Gasteiger partial charge is 0.353 e. The summed E-state index contributed by atoms with van der Waals surface area (Å²) in [6.07, 6.45) is 0.311. The smallest absolute Gasteiger partial charge is 0.239 e. The highest BCUT2D eigenvalue weighted by Gasteiger charge is 2.22. The maximum Gasteiger partial charge on any atom is 0.239 e. The van der Waals surface area contributed by atoms with Crippen LogP contribution in [0.2, 0.25) is 0 Å². The standard InChI is InChI=1S/C16H21N3O3/c1-18(11-13-5-3-2-4-6-13)15(21)7-8-16(22)19-10-9-17-14(20)12-19/h2-6H,7-12H2,1H3,(H,17,20). The molecule has 1 aliphatic heterocycles. The van der Waals surface area contributed by atoms with Crippen molar-refractivity contribution in [3.63, 3.8) is 0 Å². The molecule has 0 aliphatic carbocycles. The predicted octanol–water partition coefficient (Wildman–Crippen LogP) is 0.384. The minimum Gasteiger partial charge on any atom is -0.353 e. The van der Waals surface area contributed by atoms with Gasteiger partial charge in [-0.2, -0.15) is 0 Å². The minimum atomic E-state index is -0.146. The molecule has 2 rings (SSSR count). The highest BCUT2D eigenvalue weighted by atomic mass is 16.2. The summed E-state index contributed by atoms with van der Waals surface area (Å²) in [5.74, 6) is -0.359. The zero-order chi connectivity index (χ0) is 15.9. The second-order valence-corrected chi connectivity index (χ2v) is 5.40. The zero-order valence-corrected chi connectivity index (χ0v) is 12.7. The average molecular weight is 303 g/mol. The second-order valence-electron chi connectivity index (χ2n) is 5.40. The van der Waals surface area contributed by atoms with Gasteiger partial charge in [0.15, 0.2) is 0 Å². The van der Waals surface area contributed by atoms with E-state index >= 15 is 0 Å². The molecule has 1 aliphatic rings. The summed E-state index contributed by atoms with van der Waals surface area (Å²) >= 11 is 0. The number of hydrogen-bond donors (Lipinski definition) is 1. The van der Waals surface area contributed by atoms with Crippen LogP contribution in [-0.4, -0.2) is 54.2 Å². The maximum absolute atomic E-state index is 12.1. The lowest BCUT2D eigenvalue weighted by molar-refractivity contribution is -0.140. The summed E-state index contributed by atoms with van der Waals surface area (Å²) in [6, 6.07) is 9.71. The second kappa shape index (κ2) is 7.59. The van der Waals surface area contributed by atoms with Crippen LogP contribution in [0.4, 0.5) is 0 Å². The quantitative estimate of drug-likeness (QED) is 0.855. The van der Waals surface area contributed by atoms with Crippen molar-refractivity contribution < 1.29 is 14.4 Å². The van der Waals surface area contributed by atoms with Gasteiger partial charge in [-0.15, -0.1) is 0 Å². The monoisotopic (exact) mass is 303 g/mol. The first kappa shape index (κ1) is 16.0. The Hall–Kier alpha value is -2.37. The number of nitrogens with zero attached hydrogens (tertiary/aromatic N) is 2. The van der Waals surface area contributed by atoms with Crippen LogP contribution < -0.4 is 5.32 Å². The van der Waals surface area contributed by atoms with E-state index in [-0.39, 0.29) is 37.1 Å². The third kappa shape index (κ3) is 4.58. The van der Waals surface area contributed by atoms with Gasteiger partial charge in [0.25, 0.3) is 0 Å². The van der Waals surface area contributed by atoms with Crippen molar-refractivity contribution in [3.8, 4) is 0 Å². The molecule has 1 heterocycles. The molecule has 118 valence electrons. The third-order valence-electron chi connectivity index (χ3n) is 3.63. The van der Waals surface area contributed by atoms with Crippen molar-refractivity contribution in [3.05, 3.63) is 35.9 Å². The lowest BCUT2D eigenvalue weighted by Gasteiger charge is -2.27. The lowest BCUT2D eigenvalue weighted by Crippen LogP contribution is -2.50. The van der Waals surface area contributed by atoms with Gasteiger partial charge in [0.1, 0.15) is 0 Å². The van der Waals surface area contributed by atoms with Gasteiger partial charge < -0.3 is 15.1 Å². The van der Waals surface area contributed by atoms with Crippen LogP contribution >= 0.6 is 0 Å². The maximum atomic E-state index is 12.1. The molecule has 0 spiro atoms. The molecule has 22 heavy (non-hydrogen) atoms. The van der Waals surface area contributed by atoms with Gasteiger partial charge in [0.2, 0.25) is 17.7 Å².